The largest absolute Gasteiger partial charge is 0.455 e. The zero-order valence-corrected chi connectivity index (χ0v) is 17.5. The minimum atomic E-state index is -0.605. The highest BCUT2D eigenvalue weighted by atomic mass is 19.1. The Labute approximate surface area is 175 Å². The van der Waals surface area contributed by atoms with Crippen LogP contribution in [-0.4, -0.2) is 16.3 Å². The summed E-state index contributed by atoms with van der Waals surface area (Å²) in [5.41, 5.74) is 4.15. The van der Waals surface area contributed by atoms with Crippen molar-refractivity contribution in [3.63, 3.8) is 0 Å². The summed E-state index contributed by atoms with van der Waals surface area (Å²) in [6, 6.07) is 16.0. The van der Waals surface area contributed by atoms with E-state index in [0.29, 0.717) is 16.9 Å². The second-order valence-corrected chi connectivity index (χ2v) is 8.58. The molecule has 1 heterocycles. The molecule has 0 fully saturated rings. The number of aryl methyl sites for hydroxylation is 1. The number of hydrogen-bond donors (Lipinski definition) is 0. The molecule has 0 amide bonds. The Kier molecular flexibility index (Phi) is 4.85. The summed E-state index contributed by atoms with van der Waals surface area (Å²) in [7, 11) is 0. The summed E-state index contributed by atoms with van der Waals surface area (Å²) in [5, 5.41) is 0. The number of ether oxygens (including phenoxy) is 1. The molecule has 3 aromatic rings. The number of ketones is 1. The van der Waals surface area contributed by atoms with Gasteiger partial charge in [-0.1, -0.05) is 43.7 Å². The molecule has 154 valence electrons. The zero-order chi connectivity index (χ0) is 21.6. The van der Waals surface area contributed by atoms with E-state index in [1.165, 1.54) is 19.1 Å². The maximum Gasteiger partial charge on any atom is 0.303 e. The standard InChI is InChI=1S/C25H24FNO3/c1-15-5-7-17(8-6-15)21-13-20-22(29)14-25(3,4)24(30-16(2)28)23(20)27(21)19-11-9-18(26)10-12-19/h5-13,24H,14H2,1-4H3. The third kappa shape index (κ3) is 3.45. The molecule has 5 heteroatoms. The monoisotopic (exact) mass is 405 g/mol. The Bertz CT molecular complexity index is 1120. The lowest BCUT2D eigenvalue weighted by molar-refractivity contribution is -0.154. The molecule has 0 saturated heterocycles. The fourth-order valence-electron chi connectivity index (χ4n) is 4.17. The average Bonchev–Trinajstić information content (AvgIpc) is 3.06. The van der Waals surface area contributed by atoms with Crippen LogP contribution in [0.25, 0.3) is 16.9 Å². The van der Waals surface area contributed by atoms with Crippen molar-refractivity contribution in [1.29, 1.82) is 0 Å². The van der Waals surface area contributed by atoms with Crippen LogP contribution in [0, 0.1) is 18.2 Å². The molecule has 1 aromatic heterocycles. The molecule has 0 radical (unpaired) electrons. The van der Waals surface area contributed by atoms with Gasteiger partial charge >= 0.3 is 5.97 Å². The molecule has 0 N–H and O–H groups in total. The first-order valence-corrected chi connectivity index (χ1v) is 9.96. The lowest BCUT2D eigenvalue weighted by atomic mass is 9.73. The van der Waals surface area contributed by atoms with Gasteiger partial charge in [-0.3, -0.25) is 9.59 Å². The predicted octanol–water partition coefficient (Wildman–Crippen LogP) is 5.81. The van der Waals surface area contributed by atoms with Crippen LogP contribution in [-0.2, 0) is 9.53 Å². The number of rotatable bonds is 3. The Morgan fingerprint density at radius 1 is 1.10 bits per heavy atom. The minimum Gasteiger partial charge on any atom is -0.455 e. The Morgan fingerprint density at radius 2 is 1.73 bits per heavy atom. The Hall–Kier alpha value is -3.21. The maximum absolute atomic E-state index is 13.6. The third-order valence-corrected chi connectivity index (χ3v) is 5.63. The zero-order valence-electron chi connectivity index (χ0n) is 17.5. The van der Waals surface area contributed by atoms with Crippen LogP contribution in [0.5, 0.6) is 0 Å². The Balaban J connectivity index is 2.04. The summed E-state index contributed by atoms with van der Waals surface area (Å²) in [5.74, 6) is -0.741. The van der Waals surface area contributed by atoms with Crippen molar-refractivity contribution in [2.75, 3.05) is 0 Å². The van der Waals surface area contributed by atoms with Crippen molar-refractivity contribution in [3.05, 3.63) is 77.2 Å². The van der Waals surface area contributed by atoms with Gasteiger partial charge in [-0.05, 0) is 42.8 Å². The van der Waals surface area contributed by atoms with E-state index >= 15 is 0 Å². The summed E-state index contributed by atoms with van der Waals surface area (Å²) in [6.07, 6.45) is -0.328. The lowest BCUT2D eigenvalue weighted by Crippen LogP contribution is -2.35. The topological polar surface area (TPSA) is 48.3 Å². The van der Waals surface area contributed by atoms with Crippen molar-refractivity contribution < 1.29 is 18.7 Å². The highest BCUT2D eigenvalue weighted by Gasteiger charge is 2.45. The van der Waals surface area contributed by atoms with E-state index in [9.17, 15) is 14.0 Å². The molecule has 30 heavy (non-hydrogen) atoms. The van der Waals surface area contributed by atoms with Gasteiger partial charge in [0.25, 0.3) is 0 Å². The van der Waals surface area contributed by atoms with Crippen LogP contribution < -0.4 is 0 Å². The van der Waals surface area contributed by atoms with Gasteiger partial charge in [0.15, 0.2) is 5.78 Å². The van der Waals surface area contributed by atoms with Crippen LogP contribution in [0.1, 0.15) is 54.9 Å². The van der Waals surface area contributed by atoms with Crippen molar-refractivity contribution in [2.24, 2.45) is 5.41 Å². The molecule has 4 nitrogen and oxygen atoms in total. The molecule has 1 unspecified atom stereocenters. The van der Waals surface area contributed by atoms with E-state index in [1.54, 1.807) is 12.1 Å². The highest BCUT2D eigenvalue weighted by molar-refractivity contribution is 6.01. The summed E-state index contributed by atoms with van der Waals surface area (Å²) in [4.78, 5) is 25.0. The smallest absolute Gasteiger partial charge is 0.303 e. The number of fused-ring (bicyclic) bond motifs is 1. The number of Topliss-reactive ketones (excluding diaryl/α,β-unsaturated/α-hetero) is 1. The summed E-state index contributed by atoms with van der Waals surface area (Å²) >= 11 is 0. The first-order valence-electron chi connectivity index (χ1n) is 9.96. The molecule has 0 spiro atoms. The second-order valence-electron chi connectivity index (χ2n) is 8.58. The van der Waals surface area contributed by atoms with Crippen molar-refractivity contribution in [3.8, 4) is 16.9 Å². The number of esters is 1. The number of carbonyl (C=O) groups is 2. The van der Waals surface area contributed by atoms with Crippen molar-refractivity contribution in [2.45, 2.75) is 40.2 Å². The third-order valence-electron chi connectivity index (χ3n) is 5.63. The second kappa shape index (κ2) is 7.24. The molecular formula is C25H24FNO3. The highest BCUT2D eigenvalue weighted by Crippen LogP contribution is 2.49. The van der Waals surface area contributed by atoms with Gasteiger partial charge in [0.2, 0.25) is 0 Å². The van der Waals surface area contributed by atoms with E-state index in [4.69, 9.17) is 4.74 Å². The molecule has 0 bridgehead atoms. The van der Waals surface area contributed by atoms with E-state index in [2.05, 4.69) is 0 Å². The minimum absolute atomic E-state index is 0.00706. The number of halogens is 1. The van der Waals surface area contributed by atoms with E-state index < -0.39 is 17.5 Å². The van der Waals surface area contributed by atoms with Gasteiger partial charge in [0.05, 0.1) is 11.4 Å². The van der Waals surface area contributed by atoms with Crippen LogP contribution >= 0.6 is 0 Å². The van der Waals surface area contributed by atoms with Crippen molar-refractivity contribution >= 4 is 11.8 Å². The van der Waals surface area contributed by atoms with Crippen molar-refractivity contribution in [1.82, 2.24) is 4.57 Å². The fraction of sp³-hybridized carbons (Fsp3) is 0.280. The normalized spacial score (nSPS) is 17.5. The molecule has 1 aliphatic rings. The van der Waals surface area contributed by atoms with Gasteiger partial charge in [-0.15, -0.1) is 0 Å². The van der Waals surface area contributed by atoms with Crippen LogP contribution in [0.15, 0.2) is 54.6 Å². The number of nitrogens with zero attached hydrogens (tertiary/aromatic N) is 1. The molecule has 1 aliphatic carbocycles. The van der Waals surface area contributed by atoms with Gasteiger partial charge in [-0.25, -0.2) is 4.39 Å². The molecule has 0 aliphatic heterocycles. The molecule has 0 saturated carbocycles. The maximum atomic E-state index is 13.6. The molecular weight excluding hydrogens is 381 g/mol. The quantitative estimate of drug-likeness (QED) is 0.517. The van der Waals surface area contributed by atoms with Gasteiger partial charge in [0.1, 0.15) is 11.9 Å². The van der Waals surface area contributed by atoms with Crippen LogP contribution in [0.4, 0.5) is 4.39 Å². The average molecular weight is 405 g/mol. The van der Waals surface area contributed by atoms with Gasteiger partial charge < -0.3 is 9.30 Å². The number of carbonyl (C=O) groups excluding carboxylic acids is 2. The number of aromatic nitrogens is 1. The molecule has 2 aromatic carbocycles. The fourth-order valence-corrected chi connectivity index (χ4v) is 4.17. The summed E-state index contributed by atoms with van der Waals surface area (Å²) < 4.78 is 21.3. The first kappa shape index (κ1) is 20.1. The SMILES string of the molecule is CC(=O)OC1c2c(cc(-c3ccc(C)cc3)n2-c2ccc(F)cc2)C(=O)CC1(C)C. The summed E-state index contributed by atoms with van der Waals surface area (Å²) in [6.45, 7) is 7.23. The number of benzene rings is 2. The molecule has 4 rings (SSSR count). The van der Waals surface area contributed by atoms with E-state index in [1.807, 2.05) is 55.7 Å². The Morgan fingerprint density at radius 3 is 2.33 bits per heavy atom. The number of hydrogen-bond acceptors (Lipinski definition) is 3. The predicted molar refractivity (Wildman–Crippen MR) is 113 cm³/mol. The lowest BCUT2D eigenvalue weighted by Gasteiger charge is -2.38. The first-order chi connectivity index (χ1) is 14.2. The van der Waals surface area contributed by atoms with E-state index in [0.717, 1.165) is 16.8 Å². The van der Waals surface area contributed by atoms with Crippen LogP contribution in [0.2, 0.25) is 0 Å². The van der Waals surface area contributed by atoms with E-state index in [-0.39, 0.29) is 18.0 Å². The van der Waals surface area contributed by atoms with Gasteiger partial charge in [-0.2, -0.15) is 0 Å². The molecule has 1 atom stereocenters. The van der Waals surface area contributed by atoms with Crippen LogP contribution in [0.3, 0.4) is 0 Å². The van der Waals surface area contributed by atoms with Gasteiger partial charge in [0, 0.05) is 30.0 Å².